The summed E-state index contributed by atoms with van der Waals surface area (Å²) < 4.78 is 11.2. The largest absolute Gasteiger partial charge is 0.394 e. The smallest absolute Gasteiger partial charge is 0.220 e. The van der Waals surface area contributed by atoms with Crippen molar-refractivity contribution in [1.29, 1.82) is 0 Å². The predicted molar refractivity (Wildman–Crippen MR) is 281 cm³/mol. The molecule has 7 atom stereocenters. The molecule has 0 aromatic carbocycles. The van der Waals surface area contributed by atoms with E-state index >= 15 is 0 Å². The van der Waals surface area contributed by atoms with E-state index in [0.717, 1.165) is 57.8 Å². The Morgan fingerprint density at radius 1 is 0.493 bits per heavy atom. The monoisotopic (exact) mass is 946 g/mol. The molecule has 9 heteroatoms. The van der Waals surface area contributed by atoms with Gasteiger partial charge in [-0.25, -0.2) is 0 Å². The minimum absolute atomic E-state index is 0.194. The Hall–Kier alpha value is -1.85. The maximum atomic E-state index is 13.0. The van der Waals surface area contributed by atoms with Crippen LogP contribution in [0.3, 0.4) is 0 Å². The van der Waals surface area contributed by atoms with Gasteiger partial charge < -0.3 is 40.3 Å². The third-order valence-corrected chi connectivity index (χ3v) is 13.4. The Morgan fingerprint density at radius 3 is 1.25 bits per heavy atom. The molecule has 1 aliphatic rings. The summed E-state index contributed by atoms with van der Waals surface area (Å²) in [6, 6.07) is -0.831. The third kappa shape index (κ3) is 37.6. The number of carbonyl (C=O) groups excluding carboxylic acids is 1. The van der Waals surface area contributed by atoms with Gasteiger partial charge in [-0.05, 0) is 70.6 Å². The van der Waals surface area contributed by atoms with E-state index in [4.69, 9.17) is 9.47 Å². The molecular formula is C58H107NO8. The standard InChI is InChI=1S/C58H107NO8/c1-3-5-7-9-11-13-15-17-19-21-23-25-27-29-31-33-35-37-39-41-43-45-47-52(61)51(50-66-58-57(65)56(64)55(63)53(49-60)67-58)59-54(62)48-46-44-42-40-38-36-34-32-30-28-26-24-22-20-18-16-14-12-10-8-6-4-2/h28-31,37,39,45,47,51-53,55-58,60-61,63-65H,3-27,32-36,38,40-44,46,48-50H2,1-2H3,(H,59,62)/b30-28-,31-29+,39-37+,47-45+. The van der Waals surface area contributed by atoms with Crippen LogP contribution in [0.15, 0.2) is 48.6 Å². The number of aliphatic hydroxyl groups excluding tert-OH is 5. The second kappa shape index (κ2) is 47.8. The average molecular weight is 946 g/mol. The van der Waals surface area contributed by atoms with Crippen LogP contribution in [-0.4, -0.2) is 87.5 Å². The maximum Gasteiger partial charge on any atom is 0.220 e. The van der Waals surface area contributed by atoms with E-state index in [0.29, 0.717) is 6.42 Å². The summed E-state index contributed by atoms with van der Waals surface area (Å²) in [5.41, 5.74) is 0. The van der Waals surface area contributed by atoms with Gasteiger partial charge in [0, 0.05) is 6.42 Å². The first kappa shape index (κ1) is 63.2. The van der Waals surface area contributed by atoms with Crippen LogP contribution in [0.1, 0.15) is 258 Å². The fourth-order valence-corrected chi connectivity index (χ4v) is 8.83. The van der Waals surface area contributed by atoms with E-state index in [1.807, 2.05) is 6.08 Å². The minimum Gasteiger partial charge on any atom is -0.394 e. The quantitative estimate of drug-likeness (QED) is 0.0261. The van der Waals surface area contributed by atoms with Crippen molar-refractivity contribution in [2.24, 2.45) is 0 Å². The van der Waals surface area contributed by atoms with Crippen molar-refractivity contribution in [3.05, 3.63) is 48.6 Å². The van der Waals surface area contributed by atoms with Gasteiger partial charge in [-0.1, -0.05) is 229 Å². The Balaban J connectivity index is 2.29. The summed E-state index contributed by atoms with van der Waals surface area (Å²) in [6.45, 7) is 3.78. The number of aliphatic hydroxyl groups is 5. The molecule has 1 aliphatic heterocycles. The molecule has 0 spiro atoms. The highest BCUT2D eigenvalue weighted by Gasteiger charge is 2.44. The number of nitrogens with one attached hydrogen (secondary N) is 1. The van der Waals surface area contributed by atoms with Gasteiger partial charge in [0.1, 0.15) is 24.4 Å². The van der Waals surface area contributed by atoms with E-state index in [9.17, 15) is 30.3 Å². The minimum atomic E-state index is -1.58. The van der Waals surface area contributed by atoms with E-state index < -0.39 is 49.5 Å². The molecule has 0 aliphatic carbocycles. The topological polar surface area (TPSA) is 149 Å². The summed E-state index contributed by atoms with van der Waals surface area (Å²) in [7, 11) is 0. The van der Waals surface area contributed by atoms with Crippen molar-refractivity contribution in [2.45, 2.75) is 301 Å². The van der Waals surface area contributed by atoms with Gasteiger partial charge in [0.05, 0.1) is 25.4 Å². The van der Waals surface area contributed by atoms with Gasteiger partial charge in [-0.3, -0.25) is 4.79 Å². The lowest BCUT2D eigenvalue weighted by Crippen LogP contribution is -2.60. The van der Waals surface area contributed by atoms with Crippen molar-refractivity contribution in [3.8, 4) is 0 Å². The number of rotatable bonds is 48. The SMILES string of the molecule is CCCCCCCCCCCCC/C=C\CCCCCCCCCC(=O)NC(COC1OC(CO)C(O)C(O)C1O)C(O)/C=C/CC/C=C/CC/C=C/CCCCCCCCCCCCCC. The molecule has 6 N–H and O–H groups in total. The van der Waals surface area contributed by atoms with Crippen LogP contribution >= 0.6 is 0 Å². The number of ether oxygens (including phenoxy) is 2. The molecule has 1 heterocycles. The zero-order chi connectivity index (χ0) is 48.7. The van der Waals surface area contributed by atoms with E-state index in [1.165, 1.54) is 180 Å². The average Bonchev–Trinajstić information content (AvgIpc) is 3.33. The number of hydrogen-bond donors (Lipinski definition) is 6. The lowest BCUT2D eigenvalue weighted by Gasteiger charge is -2.40. The van der Waals surface area contributed by atoms with Crippen LogP contribution < -0.4 is 5.32 Å². The summed E-state index contributed by atoms with van der Waals surface area (Å²) in [6.07, 6.45) is 56.0. The number of unbranched alkanes of at least 4 members (excludes halogenated alkanes) is 32. The second-order valence-electron chi connectivity index (χ2n) is 19.7. The number of amides is 1. The van der Waals surface area contributed by atoms with Crippen molar-refractivity contribution in [3.63, 3.8) is 0 Å². The highest BCUT2D eigenvalue weighted by molar-refractivity contribution is 5.76. The summed E-state index contributed by atoms with van der Waals surface area (Å²) in [4.78, 5) is 13.0. The molecule has 1 rings (SSSR count). The second-order valence-corrected chi connectivity index (χ2v) is 19.7. The fourth-order valence-electron chi connectivity index (χ4n) is 8.83. The summed E-state index contributed by atoms with van der Waals surface area (Å²) in [5.74, 6) is -0.194. The van der Waals surface area contributed by atoms with Crippen LogP contribution in [0, 0.1) is 0 Å². The number of allylic oxidation sites excluding steroid dienone is 7. The highest BCUT2D eigenvalue weighted by atomic mass is 16.7. The van der Waals surface area contributed by atoms with Gasteiger partial charge in [0.2, 0.25) is 5.91 Å². The number of carbonyl (C=O) groups is 1. The molecule has 0 aromatic rings. The first-order valence-corrected chi connectivity index (χ1v) is 28.4. The van der Waals surface area contributed by atoms with Crippen LogP contribution in [0.25, 0.3) is 0 Å². The molecule has 0 saturated carbocycles. The van der Waals surface area contributed by atoms with E-state index in [1.54, 1.807) is 6.08 Å². The van der Waals surface area contributed by atoms with Crippen molar-refractivity contribution in [1.82, 2.24) is 5.32 Å². The molecular weight excluding hydrogens is 839 g/mol. The Labute approximate surface area is 412 Å². The van der Waals surface area contributed by atoms with Gasteiger partial charge in [-0.15, -0.1) is 0 Å². The highest BCUT2D eigenvalue weighted by Crippen LogP contribution is 2.23. The lowest BCUT2D eigenvalue weighted by atomic mass is 9.99. The normalized spacial score (nSPS) is 20.0. The van der Waals surface area contributed by atoms with E-state index in [2.05, 4.69) is 55.6 Å². The Kier molecular flexibility index (Phi) is 45.1. The van der Waals surface area contributed by atoms with Gasteiger partial charge >= 0.3 is 0 Å². The van der Waals surface area contributed by atoms with Gasteiger partial charge in [0.15, 0.2) is 6.29 Å². The molecule has 0 bridgehead atoms. The first-order valence-electron chi connectivity index (χ1n) is 28.4. The van der Waals surface area contributed by atoms with Gasteiger partial charge in [0.25, 0.3) is 0 Å². The molecule has 392 valence electrons. The fraction of sp³-hybridized carbons (Fsp3) is 0.845. The van der Waals surface area contributed by atoms with Crippen LogP contribution in [-0.2, 0) is 14.3 Å². The molecule has 7 unspecified atom stereocenters. The summed E-state index contributed by atoms with van der Waals surface area (Å²) in [5, 5.41) is 54.4. The molecule has 1 fully saturated rings. The van der Waals surface area contributed by atoms with E-state index in [-0.39, 0.29) is 12.5 Å². The third-order valence-electron chi connectivity index (χ3n) is 13.4. The molecule has 67 heavy (non-hydrogen) atoms. The molecule has 0 aromatic heterocycles. The Morgan fingerprint density at radius 2 is 0.851 bits per heavy atom. The zero-order valence-electron chi connectivity index (χ0n) is 43.4. The van der Waals surface area contributed by atoms with Crippen molar-refractivity contribution >= 4 is 5.91 Å². The molecule has 1 saturated heterocycles. The first-order chi connectivity index (χ1) is 32.8. The molecule has 9 nitrogen and oxygen atoms in total. The molecule has 0 radical (unpaired) electrons. The lowest BCUT2D eigenvalue weighted by molar-refractivity contribution is -0.302. The molecule has 1 amide bonds. The number of hydrogen-bond acceptors (Lipinski definition) is 8. The Bertz CT molecular complexity index is 1190. The maximum absolute atomic E-state index is 13.0. The zero-order valence-corrected chi connectivity index (χ0v) is 43.4. The van der Waals surface area contributed by atoms with Crippen molar-refractivity contribution < 1.29 is 39.8 Å². The van der Waals surface area contributed by atoms with Crippen LogP contribution in [0.5, 0.6) is 0 Å². The van der Waals surface area contributed by atoms with Gasteiger partial charge in [-0.2, -0.15) is 0 Å². The van der Waals surface area contributed by atoms with Crippen LogP contribution in [0.4, 0.5) is 0 Å². The summed E-state index contributed by atoms with van der Waals surface area (Å²) >= 11 is 0. The van der Waals surface area contributed by atoms with Crippen molar-refractivity contribution in [2.75, 3.05) is 13.2 Å². The van der Waals surface area contributed by atoms with Crippen LogP contribution in [0.2, 0.25) is 0 Å². The predicted octanol–water partition coefficient (Wildman–Crippen LogP) is 13.7.